The Hall–Kier alpha value is -1.14. The lowest BCUT2D eigenvalue weighted by Gasteiger charge is -2.25. The average Bonchev–Trinajstić information content (AvgIpc) is 2.32. The molecule has 112 valence electrons. The van der Waals surface area contributed by atoms with Crippen LogP contribution in [-0.4, -0.2) is 23.4 Å². The molecule has 0 aliphatic carbocycles. The molecule has 0 amide bonds. The van der Waals surface area contributed by atoms with Gasteiger partial charge in [0, 0.05) is 16.2 Å². The predicted octanol–water partition coefficient (Wildman–Crippen LogP) is 3.12. The van der Waals surface area contributed by atoms with Gasteiger partial charge in [0.2, 0.25) is 0 Å². The van der Waals surface area contributed by atoms with Crippen LogP contribution in [0.25, 0.3) is 0 Å². The van der Waals surface area contributed by atoms with Crippen molar-refractivity contribution < 1.29 is 18.3 Å². The van der Waals surface area contributed by atoms with Gasteiger partial charge in [-0.05, 0) is 32.4 Å². The third kappa shape index (κ3) is 4.76. The molecule has 0 spiro atoms. The summed E-state index contributed by atoms with van der Waals surface area (Å²) in [5.41, 5.74) is 4.80. The Balaban J connectivity index is 2.67. The van der Waals surface area contributed by atoms with Crippen LogP contribution >= 0.6 is 11.8 Å². The zero-order valence-corrected chi connectivity index (χ0v) is 12.6. The van der Waals surface area contributed by atoms with Gasteiger partial charge >= 0.3 is 5.97 Å². The van der Waals surface area contributed by atoms with Gasteiger partial charge in [0.05, 0.1) is 6.61 Å². The van der Waals surface area contributed by atoms with Crippen molar-refractivity contribution in [3.8, 4) is 0 Å². The fourth-order valence-corrected chi connectivity index (χ4v) is 2.99. The Labute approximate surface area is 121 Å². The van der Waals surface area contributed by atoms with E-state index in [4.69, 9.17) is 10.5 Å². The Bertz CT molecular complexity index is 480. The monoisotopic (exact) mass is 303 g/mol. The van der Waals surface area contributed by atoms with E-state index in [1.807, 2.05) is 6.92 Å². The van der Waals surface area contributed by atoms with Crippen LogP contribution < -0.4 is 5.73 Å². The highest BCUT2D eigenvalue weighted by Crippen LogP contribution is 2.30. The summed E-state index contributed by atoms with van der Waals surface area (Å²) in [6.45, 7) is 5.39. The number of carbonyl (C=O) groups excluding carboxylic acids is 1. The number of benzene rings is 1. The third-order valence-corrected chi connectivity index (χ3v) is 3.83. The zero-order valence-electron chi connectivity index (χ0n) is 11.8. The average molecular weight is 303 g/mol. The third-order valence-electron chi connectivity index (χ3n) is 2.68. The second-order valence-electron chi connectivity index (χ2n) is 4.85. The SMILES string of the molecule is CCOC(=O)C(C)(N)CC(C)Sc1ccc(F)cc1F. The van der Waals surface area contributed by atoms with E-state index >= 15 is 0 Å². The van der Waals surface area contributed by atoms with E-state index in [1.165, 1.54) is 23.9 Å². The first kappa shape index (κ1) is 16.9. The first-order valence-electron chi connectivity index (χ1n) is 6.34. The first-order valence-corrected chi connectivity index (χ1v) is 7.22. The van der Waals surface area contributed by atoms with Gasteiger partial charge in [-0.1, -0.05) is 6.92 Å². The quantitative estimate of drug-likeness (QED) is 0.648. The molecule has 2 unspecified atom stereocenters. The standard InChI is InChI=1S/C14H19F2NO2S/c1-4-19-13(18)14(3,17)8-9(2)20-12-6-5-10(15)7-11(12)16/h5-7,9H,4,8,17H2,1-3H3. The molecule has 20 heavy (non-hydrogen) atoms. The van der Waals surface area contributed by atoms with Crippen molar-refractivity contribution in [2.75, 3.05) is 6.61 Å². The van der Waals surface area contributed by atoms with Gasteiger partial charge in [0.15, 0.2) is 0 Å². The van der Waals surface area contributed by atoms with E-state index in [1.54, 1.807) is 13.8 Å². The maximum atomic E-state index is 13.5. The van der Waals surface area contributed by atoms with Crippen molar-refractivity contribution >= 4 is 17.7 Å². The minimum Gasteiger partial charge on any atom is -0.465 e. The summed E-state index contributed by atoms with van der Waals surface area (Å²) in [6.07, 6.45) is 0.327. The van der Waals surface area contributed by atoms with Gasteiger partial charge in [-0.25, -0.2) is 8.78 Å². The number of hydrogen-bond acceptors (Lipinski definition) is 4. The topological polar surface area (TPSA) is 52.3 Å². The number of carbonyl (C=O) groups is 1. The summed E-state index contributed by atoms with van der Waals surface area (Å²) in [6, 6.07) is 3.41. The maximum Gasteiger partial charge on any atom is 0.325 e. The summed E-state index contributed by atoms with van der Waals surface area (Å²) < 4.78 is 31.3. The lowest BCUT2D eigenvalue weighted by Crippen LogP contribution is -2.47. The fourth-order valence-electron chi connectivity index (χ4n) is 1.81. The lowest BCUT2D eigenvalue weighted by molar-refractivity contribution is -0.149. The Kier molecular flexibility index (Phi) is 5.95. The molecule has 2 N–H and O–H groups in total. The van der Waals surface area contributed by atoms with E-state index < -0.39 is 23.1 Å². The Morgan fingerprint density at radius 3 is 2.70 bits per heavy atom. The summed E-state index contributed by atoms with van der Waals surface area (Å²) in [7, 11) is 0. The smallest absolute Gasteiger partial charge is 0.325 e. The molecule has 1 aromatic carbocycles. The Morgan fingerprint density at radius 1 is 1.50 bits per heavy atom. The van der Waals surface area contributed by atoms with Crippen LogP contribution in [0, 0.1) is 11.6 Å². The van der Waals surface area contributed by atoms with Crippen LogP contribution in [-0.2, 0) is 9.53 Å². The minimum atomic E-state index is -1.13. The van der Waals surface area contributed by atoms with Crippen LogP contribution in [0.2, 0.25) is 0 Å². The second-order valence-corrected chi connectivity index (χ2v) is 6.33. The highest BCUT2D eigenvalue weighted by molar-refractivity contribution is 8.00. The van der Waals surface area contributed by atoms with Crippen molar-refractivity contribution in [3.63, 3.8) is 0 Å². The number of halogens is 2. The van der Waals surface area contributed by atoms with Crippen molar-refractivity contribution in [1.82, 2.24) is 0 Å². The van der Waals surface area contributed by atoms with Gasteiger partial charge in [0.25, 0.3) is 0 Å². The minimum absolute atomic E-state index is 0.116. The predicted molar refractivity (Wildman–Crippen MR) is 75.5 cm³/mol. The summed E-state index contributed by atoms with van der Waals surface area (Å²) in [5, 5.41) is -0.116. The second kappa shape index (κ2) is 7.04. The molecule has 0 radical (unpaired) electrons. The van der Waals surface area contributed by atoms with E-state index in [0.717, 1.165) is 6.07 Å². The van der Waals surface area contributed by atoms with Gasteiger partial charge in [0.1, 0.15) is 17.2 Å². The maximum absolute atomic E-state index is 13.5. The van der Waals surface area contributed by atoms with E-state index in [0.29, 0.717) is 11.3 Å². The molecule has 6 heteroatoms. The van der Waals surface area contributed by atoms with Gasteiger partial charge in [-0.2, -0.15) is 0 Å². The molecule has 0 fully saturated rings. The molecule has 0 aliphatic heterocycles. The molecular formula is C14H19F2NO2S. The highest BCUT2D eigenvalue weighted by Gasteiger charge is 2.32. The fraction of sp³-hybridized carbons (Fsp3) is 0.500. The zero-order chi connectivity index (χ0) is 15.3. The summed E-state index contributed by atoms with van der Waals surface area (Å²) >= 11 is 1.21. The molecule has 0 bridgehead atoms. The number of thioether (sulfide) groups is 1. The summed E-state index contributed by atoms with van der Waals surface area (Å²) in [4.78, 5) is 12.0. The largest absolute Gasteiger partial charge is 0.465 e. The molecule has 0 aliphatic rings. The van der Waals surface area contributed by atoms with Crippen molar-refractivity contribution in [3.05, 3.63) is 29.8 Å². The first-order chi connectivity index (χ1) is 9.26. The molecule has 0 saturated heterocycles. The molecule has 1 aromatic rings. The van der Waals surface area contributed by atoms with Gasteiger partial charge < -0.3 is 10.5 Å². The van der Waals surface area contributed by atoms with Crippen molar-refractivity contribution in [2.24, 2.45) is 5.73 Å². The van der Waals surface area contributed by atoms with E-state index in [-0.39, 0.29) is 11.9 Å². The number of esters is 1. The van der Waals surface area contributed by atoms with Crippen LogP contribution in [0.1, 0.15) is 27.2 Å². The highest BCUT2D eigenvalue weighted by atomic mass is 32.2. The van der Waals surface area contributed by atoms with Gasteiger partial charge in [-0.15, -0.1) is 11.8 Å². The molecule has 3 nitrogen and oxygen atoms in total. The number of nitrogens with two attached hydrogens (primary N) is 1. The number of ether oxygens (including phenoxy) is 1. The molecule has 0 aromatic heterocycles. The van der Waals surface area contributed by atoms with Crippen LogP contribution in [0.5, 0.6) is 0 Å². The van der Waals surface area contributed by atoms with Gasteiger partial charge in [-0.3, -0.25) is 4.79 Å². The van der Waals surface area contributed by atoms with Crippen molar-refractivity contribution in [2.45, 2.75) is 42.9 Å². The molecule has 2 atom stereocenters. The summed E-state index contributed by atoms with van der Waals surface area (Å²) in [5.74, 6) is -1.71. The van der Waals surface area contributed by atoms with Crippen molar-refractivity contribution in [1.29, 1.82) is 0 Å². The van der Waals surface area contributed by atoms with Crippen LogP contribution in [0.3, 0.4) is 0 Å². The van der Waals surface area contributed by atoms with E-state index in [9.17, 15) is 13.6 Å². The molecular weight excluding hydrogens is 284 g/mol. The Morgan fingerprint density at radius 2 is 2.15 bits per heavy atom. The lowest BCUT2D eigenvalue weighted by atomic mass is 9.98. The molecule has 0 saturated carbocycles. The normalized spacial score (nSPS) is 15.5. The van der Waals surface area contributed by atoms with E-state index in [2.05, 4.69) is 0 Å². The number of hydrogen-bond donors (Lipinski definition) is 1. The number of rotatable bonds is 6. The van der Waals surface area contributed by atoms with Crippen LogP contribution in [0.15, 0.2) is 23.1 Å². The van der Waals surface area contributed by atoms with Crippen LogP contribution in [0.4, 0.5) is 8.78 Å². The molecule has 0 heterocycles. The molecule has 1 rings (SSSR count).